The molecule has 0 bridgehead atoms. The van der Waals surface area contributed by atoms with Crippen molar-refractivity contribution in [1.29, 1.82) is 0 Å². The predicted molar refractivity (Wildman–Crippen MR) is 92.3 cm³/mol. The molecule has 128 valence electrons. The summed E-state index contributed by atoms with van der Waals surface area (Å²) in [5, 5.41) is 5.09. The summed E-state index contributed by atoms with van der Waals surface area (Å²) in [6.45, 7) is 1.97. The van der Waals surface area contributed by atoms with Crippen molar-refractivity contribution in [1.82, 2.24) is 15.1 Å². The molecule has 1 atom stereocenters. The van der Waals surface area contributed by atoms with Gasteiger partial charge >= 0.3 is 6.03 Å². The molecule has 0 aliphatic carbocycles. The van der Waals surface area contributed by atoms with Gasteiger partial charge in [-0.3, -0.25) is 4.79 Å². The smallest absolute Gasteiger partial charge is 0.317 e. The molecule has 0 aromatic carbocycles. The van der Waals surface area contributed by atoms with E-state index in [1.165, 1.54) is 4.88 Å². The van der Waals surface area contributed by atoms with Gasteiger partial charge in [-0.1, -0.05) is 6.07 Å². The van der Waals surface area contributed by atoms with Gasteiger partial charge in [-0.05, 0) is 44.3 Å². The molecule has 0 saturated carbocycles. The van der Waals surface area contributed by atoms with Crippen molar-refractivity contribution < 1.29 is 9.59 Å². The molecule has 1 aromatic heterocycles. The lowest BCUT2D eigenvalue weighted by atomic mass is 9.93. The molecule has 1 aromatic rings. The van der Waals surface area contributed by atoms with Crippen LogP contribution in [0.3, 0.4) is 0 Å². The first-order valence-electron chi connectivity index (χ1n) is 7.98. The maximum absolute atomic E-state index is 12.3. The van der Waals surface area contributed by atoms with Gasteiger partial charge in [-0.15, -0.1) is 11.3 Å². The van der Waals surface area contributed by atoms with Crippen LogP contribution in [0.1, 0.15) is 30.2 Å². The topological polar surface area (TPSA) is 78.7 Å². The van der Waals surface area contributed by atoms with Crippen LogP contribution in [0.2, 0.25) is 0 Å². The van der Waals surface area contributed by atoms with Crippen LogP contribution in [0.5, 0.6) is 0 Å². The largest absolute Gasteiger partial charge is 0.370 e. The second-order valence-corrected chi connectivity index (χ2v) is 7.26. The van der Waals surface area contributed by atoms with Gasteiger partial charge in [0.15, 0.2) is 0 Å². The summed E-state index contributed by atoms with van der Waals surface area (Å²) in [5.41, 5.74) is 5.24. The van der Waals surface area contributed by atoms with Crippen molar-refractivity contribution in [3.8, 4) is 0 Å². The standard InChI is InChI=1S/C16H26N4O2S/c1-19(2)13(14-4-3-9-23-14)11-18-16(22)20-7-5-12(6-8-20)10-15(17)21/h3-4,9,12-13H,5-8,10-11H2,1-2H3,(H2,17,21)(H,18,22)/t13-/m0/s1. The molecule has 1 aliphatic rings. The number of nitrogens with one attached hydrogen (secondary N) is 1. The van der Waals surface area contributed by atoms with E-state index >= 15 is 0 Å². The molecule has 3 amide bonds. The molecule has 1 saturated heterocycles. The number of piperidine rings is 1. The van der Waals surface area contributed by atoms with Crippen LogP contribution in [0, 0.1) is 5.92 Å². The minimum absolute atomic E-state index is 0.0223. The third-order valence-electron chi connectivity index (χ3n) is 4.33. The van der Waals surface area contributed by atoms with Gasteiger partial charge in [0.05, 0.1) is 6.04 Å². The summed E-state index contributed by atoms with van der Waals surface area (Å²) >= 11 is 1.70. The monoisotopic (exact) mass is 338 g/mol. The zero-order valence-electron chi connectivity index (χ0n) is 13.8. The lowest BCUT2D eigenvalue weighted by Gasteiger charge is -2.32. The SMILES string of the molecule is CN(C)[C@@H](CNC(=O)N1CCC(CC(N)=O)CC1)c1cccs1. The first kappa shape index (κ1) is 17.7. The number of rotatable bonds is 6. The van der Waals surface area contributed by atoms with Crippen LogP contribution < -0.4 is 11.1 Å². The summed E-state index contributed by atoms with van der Waals surface area (Å²) in [5.74, 6) is 0.0647. The highest BCUT2D eigenvalue weighted by Crippen LogP contribution is 2.23. The molecule has 7 heteroatoms. The number of urea groups is 1. The lowest BCUT2D eigenvalue weighted by molar-refractivity contribution is -0.119. The molecular weight excluding hydrogens is 312 g/mol. The Morgan fingerprint density at radius 3 is 2.65 bits per heavy atom. The second kappa shape index (κ2) is 8.31. The summed E-state index contributed by atoms with van der Waals surface area (Å²) in [4.78, 5) is 28.5. The number of hydrogen-bond acceptors (Lipinski definition) is 4. The first-order valence-corrected chi connectivity index (χ1v) is 8.86. The number of amides is 3. The fourth-order valence-corrected chi connectivity index (χ4v) is 3.86. The fraction of sp³-hybridized carbons (Fsp3) is 0.625. The molecule has 3 N–H and O–H groups in total. The van der Waals surface area contributed by atoms with E-state index in [1.807, 2.05) is 25.1 Å². The Balaban J connectivity index is 1.79. The van der Waals surface area contributed by atoms with E-state index in [2.05, 4.69) is 21.7 Å². The van der Waals surface area contributed by atoms with E-state index in [1.54, 1.807) is 11.3 Å². The Morgan fingerprint density at radius 2 is 2.13 bits per heavy atom. The van der Waals surface area contributed by atoms with Crippen molar-refractivity contribution in [2.24, 2.45) is 11.7 Å². The minimum Gasteiger partial charge on any atom is -0.370 e. The van der Waals surface area contributed by atoms with E-state index in [9.17, 15) is 9.59 Å². The van der Waals surface area contributed by atoms with Gasteiger partial charge in [0.25, 0.3) is 0 Å². The molecule has 6 nitrogen and oxygen atoms in total. The van der Waals surface area contributed by atoms with Crippen LogP contribution in [0.4, 0.5) is 4.79 Å². The number of nitrogens with two attached hydrogens (primary N) is 1. The van der Waals surface area contributed by atoms with Gasteiger partial charge in [-0.2, -0.15) is 0 Å². The molecule has 0 radical (unpaired) electrons. The zero-order chi connectivity index (χ0) is 16.8. The Morgan fingerprint density at radius 1 is 1.43 bits per heavy atom. The lowest BCUT2D eigenvalue weighted by Crippen LogP contribution is -2.46. The van der Waals surface area contributed by atoms with Crippen LogP contribution in [-0.4, -0.2) is 55.5 Å². The Bertz CT molecular complexity index is 510. The third-order valence-corrected chi connectivity index (χ3v) is 5.31. The quantitative estimate of drug-likeness (QED) is 0.828. The number of carbonyl (C=O) groups is 2. The average molecular weight is 338 g/mol. The van der Waals surface area contributed by atoms with E-state index in [-0.39, 0.29) is 18.0 Å². The van der Waals surface area contributed by atoms with Crippen molar-refractivity contribution in [3.05, 3.63) is 22.4 Å². The summed E-state index contributed by atoms with van der Waals surface area (Å²) < 4.78 is 0. The van der Waals surface area contributed by atoms with Crippen molar-refractivity contribution in [2.45, 2.75) is 25.3 Å². The number of thiophene rings is 1. The van der Waals surface area contributed by atoms with Gasteiger partial charge in [0, 0.05) is 30.9 Å². The van der Waals surface area contributed by atoms with E-state index in [0.717, 1.165) is 12.8 Å². The zero-order valence-corrected chi connectivity index (χ0v) is 14.6. The van der Waals surface area contributed by atoms with Crippen LogP contribution in [0.15, 0.2) is 17.5 Å². The molecule has 23 heavy (non-hydrogen) atoms. The van der Waals surface area contributed by atoms with Crippen LogP contribution in [-0.2, 0) is 4.79 Å². The molecular formula is C16H26N4O2S. The molecule has 0 unspecified atom stereocenters. The highest BCUT2D eigenvalue weighted by atomic mass is 32.1. The number of nitrogens with zero attached hydrogens (tertiary/aromatic N) is 2. The normalized spacial score (nSPS) is 17.3. The van der Waals surface area contributed by atoms with Crippen molar-refractivity contribution >= 4 is 23.3 Å². The van der Waals surface area contributed by atoms with Gasteiger partial charge in [-0.25, -0.2) is 4.79 Å². The summed E-state index contributed by atoms with van der Waals surface area (Å²) in [7, 11) is 4.04. The molecule has 1 fully saturated rings. The van der Waals surface area contributed by atoms with Gasteiger partial charge in [0.1, 0.15) is 0 Å². The molecule has 1 aliphatic heterocycles. The van der Waals surface area contributed by atoms with E-state index in [4.69, 9.17) is 5.73 Å². The first-order chi connectivity index (χ1) is 11.0. The fourth-order valence-electron chi connectivity index (χ4n) is 2.94. The van der Waals surface area contributed by atoms with Crippen LogP contribution in [0.25, 0.3) is 0 Å². The number of carbonyl (C=O) groups excluding carboxylic acids is 2. The third kappa shape index (κ3) is 5.21. The highest BCUT2D eigenvalue weighted by Gasteiger charge is 2.24. The minimum atomic E-state index is -0.252. The Kier molecular flexibility index (Phi) is 6.41. The van der Waals surface area contributed by atoms with Crippen molar-refractivity contribution in [2.75, 3.05) is 33.7 Å². The summed E-state index contributed by atoms with van der Waals surface area (Å²) in [6.07, 6.45) is 2.12. The van der Waals surface area contributed by atoms with E-state index in [0.29, 0.717) is 32.0 Å². The number of likely N-dealkylation sites (N-methyl/N-ethyl adjacent to an activating group) is 1. The molecule has 0 spiro atoms. The van der Waals surface area contributed by atoms with Crippen LogP contribution >= 0.6 is 11.3 Å². The van der Waals surface area contributed by atoms with E-state index < -0.39 is 0 Å². The summed E-state index contributed by atoms with van der Waals surface area (Å²) in [6, 6.07) is 4.29. The second-order valence-electron chi connectivity index (χ2n) is 6.28. The van der Waals surface area contributed by atoms with Crippen molar-refractivity contribution in [3.63, 3.8) is 0 Å². The maximum atomic E-state index is 12.3. The Hall–Kier alpha value is -1.60. The predicted octanol–water partition coefficient (Wildman–Crippen LogP) is 1.65. The number of hydrogen-bond donors (Lipinski definition) is 2. The molecule has 2 heterocycles. The highest BCUT2D eigenvalue weighted by molar-refractivity contribution is 7.10. The molecule has 2 rings (SSSR count). The van der Waals surface area contributed by atoms with Gasteiger partial charge < -0.3 is 20.9 Å². The van der Waals surface area contributed by atoms with Gasteiger partial charge in [0.2, 0.25) is 5.91 Å². The number of primary amides is 1. The average Bonchev–Trinajstić information content (AvgIpc) is 3.01. The maximum Gasteiger partial charge on any atom is 0.317 e. The Labute approximate surface area is 141 Å². The number of likely N-dealkylation sites (tertiary alicyclic amines) is 1.